The molecule has 2 heterocycles. The maximum atomic E-state index is 6.10. The van der Waals surface area contributed by atoms with E-state index in [0.29, 0.717) is 16.8 Å². The number of hydrogen-bond donors (Lipinski definition) is 1. The van der Waals surface area contributed by atoms with Crippen LogP contribution in [0.15, 0.2) is 30.5 Å². The second-order valence-corrected chi connectivity index (χ2v) is 5.13. The van der Waals surface area contributed by atoms with Gasteiger partial charge in [0, 0.05) is 6.54 Å². The third kappa shape index (κ3) is 2.46. The average Bonchev–Trinajstić information content (AvgIpc) is 3.03. The predicted octanol–water partition coefficient (Wildman–Crippen LogP) is 3.17. The highest BCUT2D eigenvalue weighted by Crippen LogP contribution is 2.31. The fourth-order valence-corrected chi connectivity index (χ4v) is 2.54. The van der Waals surface area contributed by atoms with Crippen molar-refractivity contribution in [1.82, 2.24) is 15.1 Å². The molecule has 0 saturated carbocycles. The van der Waals surface area contributed by atoms with E-state index in [-0.39, 0.29) is 0 Å². The first-order chi connectivity index (χ1) is 9.25. The van der Waals surface area contributed by atoms with Crippen LogP contribution in [0.5, 0.6) is 11.5 Å². The van der Waals surface area contributed by atoms with Gasteiger partial charge < -0.3 is 10.1 Å². The van der Waals surface area contributed by atoms with E-state index >= 15 is 0 Å². The quantitative estimate of drug-likeness (QED) is 0.937. The van der Waals surface area contributed by atoms with Crippen molar-refractivity contribution in [3.05, 3.63) is 41.2 Å². The summed E-state index contributed by atoms with van der Waals surface area (Å²) < 4.78 is 7.88. The molecule has 1 aromatic heterocycles. The number of para-hydroxylation sites is 1. The van der Waals surface area contributed by atoms with E-state index in [9.17, 15) is 0 Å². The topological polar surface area (TPSA) is 39.1 Å². The largest absolute Gasteiger partial charge is 0.452 e. The van der Waals surface area contributed by atoms with Crippen LogP contribution in [0.2, 0.25) is 5.02 Å². The molecule has 2 aromatic rings. The second kappa shape index (κ2) is 5.23. The van der Waals surface area contributed by atoms with E-state index in [1.807, 2.05) is 35.9 Å². The van der Waals surface area contributed by atoms with Crippen molar-refractivity contribution in [3.63, 3.8) is 0 Å². The molecule has 0 bridgehead atoms. The van der Waals surface area contributed by atoms with Gasteiger partial charge in [-0.1, -0.05) is 23.7 Å². The third-order valence-corrected chi connectivity index (χ3v) is 3.75. The lowest BCUT2D eigenvalue weighted by Crippen LogP contribution is -2.15. The number of rotatable bonds is 3. The highest BCUT2D eigenvalue weighted by Gasteiger charge is 2.20. The van der Waals surface area contributed by atoms with Crippen LogP contribution in [0.25, 0.3) is 0 Å². The molecule has 0 aliphatic carbocycles. The Morgan fingerprint density at radius 3 is 2.95 bits per heavy atom. The van der Waals surface area contributed by atoms with Crippen molar-refractivity contribution in [2.45, 2.75) is 19.4 Å². The molecule has 0 amide bonds. The Bertz CT molecular complexity index is 576. The second-order valence-electron chi connectivity index (χ2n) is 4.72. The molecule has 1 saturated heterocycles. The molecule has 1 aromatic carbocycles. The minimum Gasteiger partial charge on any atom is -0.452 e. The van der Waals surface area contributed by atoms with Crippen molar-refractivity contribution >= 4 is 11.6 Å². The summed E-state index contributed by atoms with van der Waals surface area (Å²) in [6.07, 6.45) is 2.87. The maximum absolute atomic E-state index is 6.10. The molecule has 1 aliphatic rings. The summed E-state index contributed by atoms with van der Waals surface area (Å²) >= 11 is 6.10. The van der Waals surface area contributed by atoms with Gasteiger partial charge in [-0.3, -0.25) is 4.68 Å². The summed E-state index contributed by atoms with van der Waals surface area (Å²) in [4.78, 5) is 0. The number of halogens is 1. The number of ether oxygens (including phenoxy) is 1. The molecule has 3 rings (SSSR count). The van der Waals surface area contributed by atoms with E-state index < -0.39 is 0 Å². The SMILES string of the molecule is Cc1c(Oc2ccccc2Cl)cnn1C1CCNC1. The Morgan fingerprint density at radius 2 is 2.21 bits per heavy atom. The molecule has 4 nitrogen and oxygen atoms in total. The number of aromatic nitrogens is 2. The highest BCUT2D eigenvalue weighted by atomic mass is 35.5. The van der Waals surface area contributed by atoms with Gasteiger partial charge in [-0.2, -0.15) is 5.10 Å². The fraction of sp³-hybridized carbons (Fsp3) is 0.357. The first-order valence-electron chi connectivity index (χ1n) is 6.43. The summed E-state index contributed by atoms with van der Waals surface area (Å²) in [5.74, 6) is 1.43. The van der Waals surface area contributed by atoms with Crippen LogP contribution in [0, 0.1) is 6.92 Å². The van der Waals surface area contributed by atoms with E-state index in [2.05, 4.69) is 10.4 Å². The smallest absolute Gasteiger partial charge is 0.168 e. The Hall–Kier alpha value is -1.52. The molecular formula is C14H16ClN3O. The van der Waals surface area contributed by atoms with Gasteiger partial charge in [-0.25, -0.2) is 0 Å². The number of benzene rings is 1. The van der Waals surface area contributed by atoms with Gasteiger partial charge in [0.25, 0.3) is 0 Å². The predicted molar refractivity (Wildman–Crippen MR) is 75.0 cm³/mol. The number of nitrogens with zero attached hydrogens (tertiary/aromatic N) is 2. The standard InChI is InChI=1S/C14H16ClN3O/c1-10-14(19-13-5-3-2-4-12(13)15)9-17-18(10)11-6-7-16-8-11/h2-5,9,11,16H,6-8H2,1H3. The third-order valence-electron chi connectivity index (χ3n) is 3.44. The summed E-state index contributed by atoms with van der Waals surface area (Å²) in [5.41, 5.74) is 1.04. The minimum atomic E-state index is 0.420. The van der Waals surface area contributed by atoms with Crippen molar-refractivity contribution in [1.29, 1.82) is 0 Å². The van der Waals surface area contributed by atoms with Gasteiger partial charge in [0.1, 0.15) is 5.75 Å². The fourth-order valence-electron chi connectivity index (χ4n) is 2.37. The summed E-state index contributed by atoms with van der Waals surface area (Å²) in [6, 6.07) is 7.88. The van der Waals surface area contributed by atoms with Crippen molar-refractivity contribution in [2.24, 2.45) is 0 Å². The van der Waals surface area contributed by atoms with E-state index in [4.69, 9.17) is 16.3 Å². The van der Waals surface area contributed by atoms with Gasteiger partial charge in [-0.15, -0.1) is 0 Å². The van der Waals surface area contributed by atoms with Crippen LogP contribution < -0.4 is 10.1 Å². The van der Waals surface area contributed by atoms with E-state index in [1.54, 1.807) is 6.20 Å². The average molecular weight is 278 g/mol. The molecule has 0 radical (unpaired) electrons. The van der Waals surface area contributed by atoms with E-state index in [0.717, 1.165) is 31.0 Å². The van der Waals surface area contributed by atoms with Crippen LogP contribution in [-0.4, -0.2) is 22.9 Å². The molecule has 1 aliphatic heterocycles. The zero-order valence-corrected chi connectivity index (χ0v) is 11.5. The Balaban J connectivity index is 1.84. The summed E-state index contributed by atoms with van der Waals surface area (Å²) in [5, 5.41) is 8.38. The molecule has 5 heteroatoms. The van der Waals surface area contributed by atoms with Gasteiger partial charge in [0.15, 0.2) is 5.75 Å². The molecule has 1 atom stereocenters. The first-order valence-corrected chi connectivity index (χ1v) is 6.80. The lowest BCUT2D eigenvalue weighted by molar-refractivity contribution is 0.457. The highest BCUT2D eigenvalue weighted by molar-refractivity contribution is 6.32. The van der Waals surface area contributed by atoms with Crippen molar-refractivity contribution < 1.29 is 4.74 Å². The zero-order chi connectivity index (χ0) is 13.2. The normalized spacial score (nSPS) is 18.7. The van der Waals surface area contributed by atoms with Gasteiger partial charge in [0.2, 0.25) is 0 Å². The van der Waals surface area contributed by atoms with Crippen molar-refractivity contribution in [2.75, 3.05) is 13.1 Å². The summed E-state index contributed by atoms with van der Waals surface area (Å²) in [7, 11) is 0. The monoisotopic (exact) mass is 277 g/mol. The molecular weight excluding hydrogens is 262 g/mol. The lowest BCUT2D eigenvalue weighted by atomic mass is 10.2. The minimum absolute atomic E-state index is 0.420. The maximum Gasteiger partial charge on any atom is 0.168 e. The summed E-state index contributed by atoms with van der Waals surface area (Å²) in [6.45, 7) is 4.04. The Kier molecular flexibility index (Phi) is 3.44. The first kappa shape index (κ1) is 12.5. The van der Waals surface area contributed by atoms with Gasteiger partial charge in [-0.05, 0) is 32.0 Å². The molecule has 1 fully saturated rings. The Morgan fingerprint density at radius 1 is 1.37 bits per heavy atom. The van der Waals surface area contributed by atoms with Crippen molar-refractivity contribution in [3.8, 4) is 11.5 Å². The van der Waals surface area contributed by atoms with Crippen LogP contribution in [0.1, 0.15) is 18.2 Å². The van der Waals surface area contributed by atoms with Crippen LogP contribution in [-0.2, 0) is 0 Å². The van der Waals surface area contributed by atoms with E-state index in [1.165, 1.54) is 0 Å². The van der Waals surface area contributed by atoms with Crippen LogP contribution in [0.3, 0.4) is 0 Å². The molecule has 100 valence electrons. The number of nitrogens with one attached hydrogen (secondary N) is 1. The molecule has 1 N–H and O–H groups in total. The molecule has 0 spiro atoms. The molecule has 1 unspecified atom stereocenters. The van der Waals surface area contributed by atoms with Gasteiger partial charge in [0.05, 0.1) is 23.0 Å². The zero-order valence-electron chi connectivity index (χ0n) is 10.8. The molecule has 19 heavy (non-hydrogen) atoms. The lowest BCUT2D eigenvalue weighted by Gasteiger charge is -2.12. The Labute approximate surface area is 117 Å². The number of hydrogen-bond acceptors (Lipinski definition) is 3. The van der Waals surface area contributed by atoms with Gasteiger partial charge >= 0.3 is 0 Å². The van der Waals surface area contributed by atoms with Crippen LogP contribution >= 0.6 is 11.6 Å². The van der Waals surface area contributed by atoms with Crippen LogP contribution in [0.4, 0.5) is 0 Å².